The van der Waals surface area contributed by atoms with Crippen LogP contribution < -0.4 is 27.8 Å². The van der Waals surface area contributed by atoms with Gasteiger partial charge in [0.15, 0.2) is 11.7 Å². The number of amides is 2. The van der Waals surface area contributed by atoms with E-state index in [1.807, 2.05) is 27.7 Å². The van der Waals surface area contributed by atoms with E-state index >= 15 is 0 Å². The van der Waals surface area contributed by atoms with Crippen molar-refractivity contribution in [3.05, 3.63) is 54.1 Å². The Morgan fingerprint density at radius 2 is 1.50 bits per heavy atom. The first-order valence-electron chi connectivity index (χ1n) is 14.0. The lowest BCUT2D eigenvalue weighted by atomic mass is 10.0. The van der Waals surface area contributed by atoms with Crippen LogP contribution in [0.3, 0.4) is 0 Å². The molecule has 0 bridgehead atoms. The van der Waals surface area contributed by atoms with Gasteiger partial charge in [-0.3, -0.25) is 19.6 Å². The molecule has 8 N–H and O–H groups in total. The summed E-state index contributed by atoms with van der Waals surface area (Å²) in [5.41, 5.74) is 18.1. The first-order valence-corrected chi connectivity index (χ1v) is 14.0. The zero-order valence-corrected chi connectivity index (χ0v) is 25.1. The third-order valence-electron chi connectivity index (χ3n) is 6.17. The van der Waals surface area contributed by atoms with Crippen LogP contribution in [-0.4, -0.2) is 71.0 Å². The fourth-order valence-electron chi connectivity index (χ4n) is 3.65. The molecule has 42 heavy (non-hydrogen) atoms. The molecule has 0 atom stereocenters. The highest BCUT2D eigenvalue weighted by Crippen LogP contribution is 2.19. The average Bonchev–Trinajstić information content (AvgIpc) is 2.94. The minimum atomic E-state index is -0.380. The van der Waals surface area contributed by atoms with Gasteiger partial charge in [-0.2, -0.15) is 0 Å². The zero-order chi connectivity index (χ0) is 31.0. The van der Waals surface area contributed by atoms with Crippen molar-refractivity contribution in [1.29, 1.82) is 0 Å². The summed E-state index contributed by atoms with van der Waals surface area (Å²) in [7, 11) is 0. The lowest BCUT2D eigenvalue weighted by Crippen LogP contribution is -2.34. The van der Waals surface area contributed by atoms with Crippen LogP contribution in [0.2, 0.25) is 0 Å². The molecule has 0 unspecified atom stereocenters. The van der Waals surface area contributed by atoms with Crippen LogP contribution in [0, 0.1) is 0 Å². The van der Waals surface area contributed by atoms with Gasteiger partial charge in [0.1, 0.15) is 11.4 Å². The summed E-state index contributed by atoms with van der Waals surface area (Å²) in [6.45, 7) is 9.95. The highest BCUT2D eigenvalue weighted by Gasteiger charge is 2.22. The monoisotopic (exact) mass is 583 g/mol. The van der Waals surface area contributed by atoms with Gasteiger partial charge in [-0.05, 0) is 77.8 Å². The van der Waals surface area contributed by atoms with Gasteiger partial charge in [0.25, 0.3) is 0 Å². The van der Waals surface area contributed by atoms with Crippen LogP contribution in [-0.2, 0) is 19.1 Å². The minimum absolute atomic E-state index is 0.0584. The van der Waals surface area contributed by atoms with E-state index in [0.717, 1.165) is 12.8 Å². The third-order valence-corrected chi connectivity index (χ3v) is 6.17. The van der Waals surface area contributed by atoms with Gasteiger partial charge < -0.3 is 37.3 Å². The predicted molar refractivity (Wildman–Crippen MR) is 164 cm³/mol. The Bertz CT molecular complexity index is 1180. The molecule has 2 rings (SSSR count). The molecule has 0 saturated heterocycles. The summed E-state index contributed by atoms with van der Waals surface area (Å²) in [5.74, 6) is -0.187. The van der Waals surface area contributed by atoms with E-state index in [4.69, 9.17) is 26.7 Å². The number of rotatable bonds is 18. The number of aromatic nitrogens is 2. The molecule has 0 saturated carbocycles. The number of carbonyl (C=O) groups excluding carboxylic acids is 2. The van der Waals surface area contributed by atoms with Gasteiger partial charge in [-0.25, -0.2) is 0 Å². The molecule has 13 heteroatoms. The molecule has 0 fully saturated rings. The Morgan fingerprint density at radius 3 is 2.12 bits per heavy atom. The number of anilines is 1. The van der Waals surface area contributed by atoms with Crippen LogP contribution >= 0.6 is 0 Å². The zero-order valence-electron chi connectivity index (χ0n) is 25.1. The van der Waals surface area contributed by atoms with Crippen LogP contribution in [0.15, 0.2) is 52.9 Å². The molecule has 0 aliphatic rings. The van der Waals surface area contributed by atoms with Crippen molar-refractivity contribution in [1.82, 2.24) is 15.3 Å². The quantitative estimate of drug-likeness (QED) is 0.0752. The van der Waals surface area contributed by atoms with E-state index in [1.54, 1.807) is 36.5 Å². The van der Waals surface area contributed by atoms with Crippen LogP contribution in [0.4, 0.5) is 5.69 Å². The van der Waals surface area contributed by atoms with Crippen molar-refractivity contribution in [3.63, 3.8) is 0 Å². The topological polar surface area (TPSA) is 205 Å². The highest BCUT2D eigenvalue weighted by molar-refractivity contribution is 5.99. The molecule has 0 aliphatic carbocycles. The van der Waals surface area contributed by atoms with Crippen molar-refractivity contribution >= 4 is 29.2 Å². The van der Waals surface area contributed by atoms with Gasteiger partial charge >= 0.3 is 0 Å². The van der Waals surface area contributed by atoms with E-state index in [-0.39, 0.29) is 47.5 Å². The molecule has 230 valence electrons. The first kappa shape index (κ1) is 34.3. The van der Waals surface area contributed by atoms with Gasteiger partial charge in [-0.15, -0.1) is 10.2 Å². The van der Waals surface area contributed by atoms with Gasteiger partial charge in [-0.1, -0.05) is 6.07 Å². The molecule has 0 radical (unpaired) electrons. The molecule has 0 spiro atoms. The summed E-state index contributed by atoms with van der Waals surface area (Å²) < 4.78 is 11.8. The van der Waals surface area contributed by atoms with E-state index in [2.05, 4.69) is 30.8 Å². The Morgan fingerprint density at radius 1 is 0.857 bits per heavy atom. The number of nitrogens with zero attached hydrogens (tertiary/aromatic N) is 4. The van der Waals surface area contributed by atoms with E-state index in [9.17, 15) is 9.59 Å². The van der Waals surface area contributed by atoms with Gasteiger partial charge in [0.2, 0.25) is 11.8 Å². The Labute approximate surface area is 247 Å². The molecule has 2 aromatic rings. The van der Waals surface area contributed by atoms with Crippen molar-refractivity contribution in [2.75, 3.05) is 31.6 Å². The number of ether oxygens (including phenoxy) is 2. The minimum Gasteiger partial charge on any atom is -0.380 e. The first-order chi connectivity index (χ1) is 19.9. The molecule has 2 amide bonds. The Balaban J connectivity index is 1.64. The molecule has 0 aliphatic heterocycles. The SMILES string of the molecule is CC(C)(CCN)OCCC(C)(C)OCCNC(=O)CCCC(=O)Nc1ccc(/C(N)=N/N=C(\N)c2ccccn2)nc1. The number of hydrogen-bond donors (Lipinski definition) is 5. The largest absolute Gasteiger partial charge is 0.380 e. The third kappa shape index (κ3) is 13.6. The standard InChI is InChI=1S/C29H45N9O4/c1-28(2,13-15-30)41-18-14-29(3,4)42-19-17-34-24(39)9-7-10-25(40)36-21-11-12-23(35-20-21)27(32)38-37-26(31)22-8-5-6-16-33-22/h5-6,8,11-12,16,20H,7,9-10,13-15,17-19,30H2,1-4H3,(H2,31,37)(H2,32,38)(H,34,39)(H,36,40). The summed E-state index contributed by atoms with van der Waals surface area (Å²) in [4.78, 5) is 32.7. The summed E-state index contributed by atoms with van der Waals surface area (Å²) in [6.07, 6.45) is 5.39. The lowest BCUT2D eigenvalue weighted by molar-refractivity contribution is -0.122. The van der Waals surface area contributed by atoms with Crippen molar-refractivity contribution in [2.45, 2.75) is 71.0 Å². The number of hydrogen-bond acceptors (Lipinski definition) is 9. The fourth-order valence-corrected chi connectivity index (χ4v) is 3.65. The predicted octanol–water partition coefficient (Wildman–Crippen LogP) is 2.06. The molecule has 13 nitrogen and oxygen atoms in total. The normalized spacial score (nSPS) is 12.7. The highest BCUT2D eigenvalue weighted by atomic mass is 16.5. The second-order valence-electron chi connectivity index (χ2n) is 10.9. The maximum absolute atomic E-state index is 12.3. The van der Waals surface area contributed by atoms with Gasteiger partial charge in [0, 0.05) is 25.6 Å². The van der Waals surface area contributed by atoms with Crippen LogP contribution in [0.25, 0.3) is 0 Å². The van der Waals surface area contributed by atoms with Crippen LogP contribution in [0.1, 0.15) is 71.2 Å². The van der Waals surface area contributed by atoms with E-state index < -0.39 is 0 Å². The lowest BCUT2D eigenvalue weighted by Gasteiger charge is -2.29. The number of amidine groups is 2. The maximum atomic E-state index is 12.3. The van der Waals surface area contributed by atoms with Crippen molar-refractivity contribution in [3.8, 4) is 0 Å². The number of nitrogens with one attached hydrogen (secondary N) is 2. The summed E-state index contributed by atoms with van der Waals surface area (Å²) >= 11 is 0. The maximum Gasteiger partial charge on any atom is 0.224 e. The smallest absolute Gasteiger partial charge is 0.224 e. The fraction of sp³-hybridized carbons (Fsp3) is 0.517. The van der Waals surface area contributed by atoms with Crippen molar-refractivity contribution < 1.29 is 19.1 Å². The number of pyridine rings is 2. The molecule has 2 aromatic heterocycles. The van der Waals surface area contributed by atoms with E-state index in [0.29, 0.717) is 49.8 Å². The molecular weight excluding hydrogens is 538 g/mol. The number of nitrogens with two attached hydrogens (primary N) is 3. The Kier molecular flexibility index (Phi) is 14.0. The van der Waals surface area contributed by atoms with E-state index in [1.165, 1.54) is 6.20 Å². The van der Waals surface area contributed by atoms with Crippen LogP contribution in [0.5, 0.6) is 0 Å². The molecular formula is C29H45N9O4. The van der Waals surface area contributed by atoms with Crippen molar-refractivity contribution in [2.24, 2.45) is 27.4 Å². The second-order valence-corrected chi connectivity index (χ2v) is 10.9. The summed E-state index contributed by atoms with van der Waals surface area (Å²) in [6, 6.07) is 8.50. The molecule has 2 heterocycles. The average molecular weight is 584 g/mol. The number of carbonyl (C=O) groups is 2. The van der Waals surface area contributed by atoms with Gasteiger partial charge in [0.05, 0.1) is 36.3 Å². The Hall–Kier alpha value is -3.94. The summed E-state index contributed by atoms with van der Waals surface area (Å²) in [5, 5.41) is 13.4. The second kappa shape index (κ2) is 17.1. The molecule has 0 aromatic carbocycles.